The van der Waals surface area contributed by atoms with Gasteiger partial charge >= 0.3 is 0 Å². The van der Waals surface area contributed by atoms with Crippen molar-refractivity contribution in [1.29, 1.82) is 0 Å². The van der Waals surface area contributed by atoms with E-state index >= 15 is 0 Å². The van der Waals surface area contributed by atoms with Crippen molar-refractivity contribution < 1.29 is 17.2 Å². The fourth-order valence-corrected chi connectivity index (χ4v) is 3.92. The van der Waals surface area contributed by atoms with Crippen LogP contribution in [0.1, 0.15) is 11.8 Å². The van der Waals surface area contributed by atoms with E-state index in [1.807, 2.05) is 6.92 Å². The van der Waals surface area contributed by atoms with Gasteiger partial charge in [-0.1, -0.05) is 6.92 Å². The van der Waals surface area contributed by atoms with E-state index in [1.165, 1.54) is 22.8 Å². The molecule has 0 radical (unpaired) electrons. The number of sulfonamides is 1. The maximum atomic E-state index is 13.5. The van der Waals surface area contributed by atoms with Gasteiger partial charge in [-0.25, -0.2) is 17.2 Å². The molecule has 0 fully saturated rings. The first kappa shape index (κ1) is 15.9. The molecule has 0 aliphatic heterocycles. The minimum Gasteiger partial charge on any atom is -0.312 e. The Hall–Kier alpha value is -1.51. The van der Waals surface area contributed by atoms with Crippen LogP contribution >= 0.6 is 11.3 Å². The van der Waals surface area contributed by atoms with Crippen LogP contribution in [-0.2, 0) is 16.6 Å². The van der Waals surface area contributed by atoms with E-state index in [9.17, 15) is 17.2 Å². The lowest BCUT2D eigenvalue weighted by Gasteiger charge is -2.07. The molecular formula is C13H14F2N2O2S2. The Morgan fingerprint density at radius 3 is 2.71 bits per heavy atom. The molecule has 0 atom stereocenters. The topological polar surface area (TPSA) is 58.2 Å². The summed E-state index contributed by atoms with van der Waals surface area (Å²) in [6.45, 7) is 3.28. The second-order valence-corrected chi connectivity index (χ2v) is 6.94. The number of rotatable bonds is 6. The summed E-state index contributed by atoms with van der Waals surface area (Å²) in [5, 5.41) is 4.55. The lowest BCUT2D eigenvalue weighted by atomic mass is 10.3. The SMILES string of the molecule is CCNCc1cc(S(=O)(=O)Nc2cc(F)ccc2F)cs1. The smallest absolute Gasteiger partial charge is 0.262 e. The summed E-state index contributed by atoms with van der Waals surface area (Å²) in [4.78, 5) is 0.876. The average molecular weight is 332 g/mol. The molecule has 2 N–H and O–H groups in total. The van der Waals surface area contributed by atoms with Crippen molar-refractivity contribution in [3.8, 4) is 0 Å². The molecule has 0 spiro atoms. The van der Waals surface area contributed by atoms with Gasteiger partial charge in [0.15, 0.2) is 0 Å². The molecule has 2 rings (SSSR count). The second-order valence-electron chi connectivity index (χ2n) is 4.26. The minimum absolute atomic E-state index is 0.0315. The highest BCUT2D eigenvalue weighted by molar-refractivity contribution is 7.92. The third-order valence-electron chi connectivity index (χ3n) is 2.66. The lowest BCUT2D eigenvalue weighted by Crippen LogP contribution is -2.14. The van der Waals surface area contributed by atoms with Crippen molar-refractivity contribution in [2.24, 2.45) is 0 Å². The van der Waals surface area contributed by atoms with Gasteiger partial charge in [-0.3, -0.25) is 4.72 Å². The Morgan fingerprint density at radius 2 is 2.00 bits per heavy atom. The van der Waals surface area contributed by atoms with Gasteiger partial charge in [0.1, 0.15) is 11.6 Å². The fourth-order valence-electron chi connectivity index (χ4n) is 1.62. The third-order valence-corrected chi connectivity index (χ3v) is 5.09. The van der Waals surface area contributed by atoms with Crippen molar-refractivity contribution in [3.63, 3.8) is 0 Å². The van der Waals surface area contributed by atoms with E-state index in [0.29, 0.717) is 6.54 Å². The summed E-state index contributed by atoms with van der Waals surface area (Å²) in [5.74, 6) is -1.55. The van der Waals surface area contributed by atoms with Gasteiger partial charge in [-0.15, -0.1) is 11.3 Å². The van der Waals surface area contributed by atoms with Crippen LogP contribution in [0.3, 0.4) is 0 Å². The number of hydrogen-bond acceptors (Lipinski definition) is 4. The van der Waals surface area contributed by atoms with Gasteiger partial charge < -0.3 is 5.32 Å². The van der Waals surface area contributed by atoms with E-state index < -0.39 is 27.3 Å². The Labute approximate surface area is 125 Å². The zero-order chi connectivity index (χ0) is 15.5. The summed E-state index contributed by atoms with van der Waals surface area (Å²) in [6.07, 6.45) is 0. The second kappa shape index (κ2) is 6.50. The predicted octanol–water partition coefficient (Wildman–Crippen LogP) is 2.94. The van der Waals surface area contributed by atoms with Gasteiger partial charge in [0.05, 0.1) is 10.6 Å². The first-order valence-electron chi connectivity index (χ1n) is 6.18. The Kier molecular flexibility index (Phi) is 4.92. The number of nitrogens with one attached hydrogen (secondary N) is 2. The van der Waals surface area contributed by atoms with E-state index in [1.54, 1.807) is 0 Å². The first-order chi connectivity index (χ1) is 9.92. The van der Waals surface area contributed by atoms with Crippen LogP contribution < -0.4 is 10.0 Å². The quantitative estimate of drug-likeness (QED) is 0.855. The molecule has 0 unspecified atom stereocenters. The van der Waals surface area contributed by atoms with E-state index in [0.717, 1.165) is 29.6 Å². The van der Waals surface area contributed by atoms with Gasteiger partial charge in [-0.05, 0) is 24.7 Å². The number of anilines is 1. The van der Waals surface area contributed by atoms with Crippen LogP contribution in [-0.4, -0.2) is 15.0 Å². The maximum absolute atomic E-state index is 13.5. The summed E-state index contributed by atoms with van der Waals surface area (Å²) in [6, 6.07) is 4.11. The van der Waals surface area contributed by atoms with Gasteiger partial charge in [0.2, 0.25) is 0 Å². The summed E-state index contributed by atoms with van der Waals surface area (Å²) in [5.41, 5.74) is -0.408. The molecule has 0 aliphatic rings. The first-order valence-corrected chi connectivity index (χ1v) is 8.54. The van der Waals surface area contributed by atoms with Crippen LogP contribution in [0.15, 0.2) is 34.5 Å². The molecule has 0 aliphatic carbocycles. The highest BCUT2D eigenvalue weighted by Crippen LogP contribution is 2.23. The average Bonchev–Trinajstić information content (AvgIpc) is 2.90. The molecule has 0 saturated carbocycles. The van der Waals surface area contributed by atoms with Crippen LogP contribution in [0, 0.1) is 11.6 Å². The molecule has 2 aromatic rings. The molecule has 1 heterocycles. The zero-order valence-corrected chi connectivity index (χ0v) is 12.8. The standard InChI is InChI=1S/C13H14F2N2O2S2/c1-2-16-7-10-6-11(8-20-10)21(18,19)17-13-5-9(14)3-4-12(13)15/h3-6,8,16-17H,2,7H2,1H3. The highest BCUT2D eigenvalue weighted by Gasteiger charge is 2.18. The molecule has 1 aromatic heterocycles. The number of halogens is 2. The van der Waals surface area contributed by atoms with Crippen molar-refractivity contribution in [1.82, 2.24) is 5.32 Å². The number of hydrogen-bond donors (Lipinski definition) is 2. The fraction of sp³-hybridized carbons (Fsp3) is 0.231. The van der Waals surface area contributed by atoms with Crippen molar-refractivity contribution in [2.45, 2.75) is 18.4 Å². The van der Waals surface area contributed by atoms with Gasteiger partial charge in [-0.2, -0.15) is 0 Å². The van der Waals surface area contributed by atoms with E-state index in [-0.39, 0.29) is 4.90 Å². The molecule has 8 heteroatoms. The molecule has 114 valence electrons. The largest absolute Gasteiger partial charge is 0.312 e. The number of benzene rings is 1. The van der Waals surface area contributed by atoms with Crippen LogP contribution in [0.4, 0.5) is 14.5 Å². The maximum Gasteiger partial charge on any atom is 0.262 e. The molecule has 21 heavy (non-hydrogen) atoms. The van der Waals surface area contributed by atoms with E-state index in [4.69, 9.17) is 0 Å². The normalized spacial score (nSPS) is 11.6. The minimum atomic E-state index is -3.93. The molecule has 1 aromatic carbocycles. The van der Waals surface area contributed by atoms with Gasteiger partial charge in [0, 0.05) is 22.9 Å². The Balaban J connectivity index is 2.22. The van der Waals surface area contributed by atoms with Crippen molar-refractivity contribution >= 4 is 27.0 Å². The lowest BCUT2D eigenvalue weighted by molar-refractivity contribution is 0.594. The highest BCUT2D eigenvalue weighted by atomic mass is 32.2. The van der Waals surface area contributed by atoms with Crippen LogP contribution in [0.25, 0.3) is 0 Å². The number of thiophene rings is 1. The van der Waals surface area contributed by atoms with Crippen LogP contribution in [0.5, 0.6) is 0 Å². The zero-order valence-electron chi connectivity index (χ0n) is 11.2. The third kappa shape index (κ3) is 3.99. The summed E-state index contributed by atoms with van der Waals surface area (Å²) >= 11 is 1.28. The van der Waals surface area contributed by atoms with Gasteiger partial charge in [0.25, 0.3) is 10.0 Å². The molecular weight excluding hydrogens is 318 g/mol. The van der Waals surface area contributed by atoms with E-state index in [2.05, 4.69) is 10.0 Å². The molecule has 4 nitrogen and oxygen atoms in total. The molecule has 0 amide bonds. The molecule has 0 saturated heterocycles. The summed E-state index contributed by atoms with van der Waals surface area (Å²) in [7, 11) is -3.93. The monoisotopic (exact) mass is 332 g/mol. The Bertz CT molecular complexity index is 730. The van der Waals surface area contributed by atoms with Crippen LogP contribution in [0.2, 0.25) is 0 Å². The molecule has 0 bridgehead atoms. The Morgan fingerprint density at radius 1 is 1.24 bits per heavy atom. The van der Waals surface area contributed by atoms with Crippen molar-refractivity contribution in [3.05, 3.63) is 46.2 Å². The van der Waals surface area contributed by atoms with Crippen molar-refractivity contribution in [2.75, 3.05) is 11.3 Å². The predicted molar refractivity (Wildman–Crippen MR) is 78.9 cm³/mol. The summed E-state index contributed by atoms with van der Waals surface area (Å²) < 4.78 is 52.9.